The number of nitrogens with one attached hydrogen (secondary N) is 1. The van der Waals surface area contributed by atoms with Crippen LogP contribution >= 0.6 is 11.3 Å². The number of hydrogen-bond donors (Lipinski definition) is 1. The van der Waals surface area contributed by atoms with E-state index in [0.29, 0.717) is 36.6 Å². The first-order chi connectivity index (χ1) is 11.8. The van der Waals surface area contributed by atoms with Crippen LogP contribution in [0.5, 0.6) is 0 Å². The standard InChI is InChI=1S/C18H25N3O2S/c1-2-15(13-6-4-3-5-7-13)19-16(22)8-9-17-20-21-18(23-17)14-10-11-24-12-14/h10-13,15H,2-9H2,1H3,(H,19,22). The molecule has 0 bridgehead atoms. The molecule has 1 fully saturated rings. The van der Waals surface area contributed by atoms with Crippen molar-refractivity contribution in [2.75, 3.05) is 0 Å². The molecule has 24 heavy (non-hydrogen) atoms. The highest BCUT2D eigenvalue weighted by Crippen LogP contribution is 2.27. The fourth-order valence-electron chi connectivity index (χ4n) is 3.45. The highest BCUT2D eigenvalue weighted by molar-refractivity contribution is 7.08. The number of rotatable bonds is 7. The molecule has 1 aliphatic carbocycles. The number of carbonyl (C=O) groups is 1. The van der Waals surface area contributed by atoms with Crippen LogP contribution in [0.25, 0.3) is 11.5 Å². The third kappa shape index (κ3) is 4.44. The number of thiophene rings is 1. The molecule has 1 N–H and O–H groups in total. The van der Waals surface area contributed by atoms with E-state index < -0.39 is 0 Å². The number of aromatic nitrogens is 2. The molecule has 6 heteroatoms. The van der Waals surface area contributed by atoms with Gasteiger partial charge in [0.25, 0.3) is 0 Å². The average molecular weight is 347 g/mol. The molecule has 0 saturated heterocycles. The smallest absolute Gasteiger partial charge is 0.248 e. The number of amides is 1. The maximum absolute atomic E-state index is 12.3. The van der Waals surface area contributed by atoms with Crippen molar-refractivity contribution < 1.29 is 9.21 Å². The van der Waals surface area contributed by atoms with Crippen LogP contribution in [0.1, 0.15) is 57.8 Å². The van der Waals surface area contributed by atoms with Gasteiger partial charge in [-0.2, -0.15) is 11.3 Å². The van der Waals surface area contributed by atoms with Gasteiger partial charge >= 0.3 is 0 Å². The molecular formula is C18H25N3O2S. The van der Waals surface area contributed by atoms with Gasteiger partial charge in [0.05, 0.1) is 0 Å². The first-order valence-corrected chi connectivity index (χ1v) is 9.85. The van der Waals surface area contributed by atoms with Crippen molar-refractivity contribution in [2.45, 2.75) is 64.3 Å². The van der Waals surface area contributed by atoms with Gasteiger partial charge in [0.15, 0.2) is 0 Å². The van der Waals surface area contributed by atoms with E-state index >= 15 is 0 Å². The van der Waals surface area contributed by atoms with E-state index in [2.05, 4.69) is 22.4 Å². The summed E-state index contributed by atoms with van der Waals surface area (Å²) in [5.74, 6) is 1.78. The monoisotopic (exact) mass is 347 g/mol. The molecule has 1 atom stereocenters. The van der Waals surface area contributed by atoms with Crippen LogP contribution in [0.3, 0.4) is 0 Å². The Balaban J connectivity index is 1.48. The summed E-state index contributed by atoms with van der Waals surface area (Å²) in [6.45, 7) is 2.16. The average Bonchev–Trinajstić information content (AvgIpc) is 3.29. The molecular weight excluding hydrogens is 322 g/mol. The van der Waals surface area contributed by atoms with E-state index in [1.54, 1.807) is 11.3 Å². The quantitative estimate of drug-likeness (QED) is 0.815. The van der Waals surface area contributed by atoms with E-state index in [9.17, 15) is 4.79 Å². The summed E-state index contributed by atoms with van der Waals surface area (Å²) in [5, 5.41) is 15.2. The fourth-order valence-corrected chi connectivity index (χ4v) is 4.08. The molecule has 130 valence electrons. The number of carbonyl (C=O) groups excluding carboxylic acids is 1. The SMILES string of the molecule is CCC(NC(=O)CCc1nnc(-c2ccsc2)o1)C1CCCCC1. The van der Waals surface area contributed by atoms with Crippen molar-refractivity contribution in [1.82, 2.24) is 15.5 Å². The van der Waals surface area contributed by atoms with Gasteiger partial charge in [-0.1, -0.05) is 26.2 Å². The van der Waals surface area contributed by atoms with Crippen LogP contribution in [0.15, 0.2) is 21.2 Å². The molecule has 2 heterocycles. The minimum Gasteiger partial charge on any atom is -0.421 e. The summed E-state index contributed by atoms with van der Waals surface area (Å²) in [6, 6.07) is 2.26. The zero-order valence-corrected chi connectivity index (χ0v) is 15.0. The van der Waals surface area contributed by atoms with Gasteiger partial charge in [-0.3, -0.25) is 4.79 Å². The molecule has 1 unspecified atom stereocenters. The first kappa shape index (κ1) is 17.1. The zero-order valence-electron chi connectivity index (χ0n) is 14.2. The van der Waals surface area contributed by atoms with Gasteiger partial charge in [-0.25, -0.2) is 0 Å². The van der Waals surface area contributed by atoms with Crippen LogP contribution < -0.4 is 5.32 Å². The summed E-state index contributed by atoms with van der Waals surface area (Å²) in [6.07, 6.45) is 8.30. The van der Waals surface area contributed by atoms with Crippen molar-refractivity contribution in [3.05, 3.63) is 22.7 Å². The fraction of sp³-hybridized carbons (Fsp3) is 0.611. The largest absolute Gasteiger partial charge is 0.421 e. The lowest BCUT2D eigenvalue weighted by Crippen LogP contribution is -2.40. The molecule has 0 aromatic carbocycles. The Morgan fingerprint density at radius 1 is 1.38 bits per heavy atom. The Hall–Kier alpha value is -1.69. The lowest BCUT2D eigenvalue weighted by molar-refractivity contribution is -0.122. The van der Waals surface area contributed by atoms with Gasteiger partial charge < -0.3 is 9.73 Å². The molecule has 2 aromatic heterocycles. The predicted octanol–water partition coefficient (Wildman–Crippen LogP) is 4.21. The van der Waals surface area contributed by atoms with Crippen LogP contribution in [0.4, 0.5) is 0 Å². The molecule has 1 aliphatic rings. The summed E-state index contributed by atoms with van der Waals surface area (Å²) < 4.78 is 5.63. The predicted molar refractivity (Wildman–Crippen MR) is 94.7 cm³/mol. The van der Waals surface area contributed by atoms with Crippen molar-refractivity contribution in [1.29, 1.82) is 0 Å². The molecule has 0 radical (unpaired) electrons. The molecule has 3 rings (SSSR count). The minimum atomic E-state index is 0.0858. The maximum atomic E-state index is 12.3. The van der Waals surface area contributed by atoms with Gasteiger partial charge in [-0.15, -0.1) is 10.2 Å². The zero-order chi connectivity index (χ0) is 16.8. The molecule has 5 nitrogen and oxygen atoms in total. The van der Waals surface area contributed by atoms with Crippen molar-refractivity contribution in [3.63, 3.8) is 0 Å². The Bertz CT molecular complexity index is 632. The Kier molecular flexibility index (Phi) is 6.01. The molecule has 1 saturated carbocycles. The van der Waals surface area contributed by atoms with Gasteiger partial charge in [0.1, 0.15) is 0 Å². The summed E-state index contributed by atoms with van der Waals surface area (Å²) in [4.78, 5) is 12.3. The highest BCUT2D eigenvalue weighted by Gasteiger charge is 2.23. The second-order valence-corrected chi connectivity index (χ2v) is 7.27. The number of aryl methyl sites for hydroxylation is 1. The summed E-state index contributed by atoms with van der Waals surface area (Å²) >= 11 is 1.59. The molecule has 0 aliphatic heterocycles. The van der Waals surface area contributed by atoms with Gasteiger partial charge in [0, 0.05) is 29.8 Å². The molecule has 1 amide bonds. The number of hydrogen-bond acceptors (Lipinski definition) is 5. The van der Waals surface area contributed by atoms with Gasteiger partial charge in [0.2, 0.25) is 17.7 Å². The normalized spacial score (nSPS) is 16.9. The minimum absolute atomic E-state index is 0.0858. The van der Waals surface area contributed by atoms with Crippen LogP contribution in [0.2, 0.25) is 0 Å². The third-order valence-electron chi connectivity index (χ3n) is 4.81. The second kappa shape index (κ2) is 8.42. The Morgan fingerprint density at radius 2 is 2.21 bits per heavy atom. The van der Waals surface area contributed by atoms with E-state index in [-0.39, 0.29) is 5.91 Å². The van der Waals surface area contributed by atoms with Crippen LogP contribution in [-0.4, -0.2) is 22.1 Å². The van der Waals surface area contributed by atoms with Crippen molar-refractivity contribution >= 4 is 17.2 Å². The lowest BCUT2D eigenvalue weighted by atomic mass is 9.83. The van der Waals surface area contributed by atoms with Crippen molar-refractivity contribution in [2.24, 2.45) is 5.92 Å². The topological polar surface area (TPSA) is 68.0 Å². The van der Waals surface area contributed by atoms with E-state index in [4.69, 9.17) is 4.42 Å². The third-order valence-corrected chi connectivity index (χ3v) is 5.49. The summed E-state index contributed by atoms with van der Waals surface area (Å²) in [5.41, 5.74) is 0.937. The van der Waals surface area contributed by atoms with Crippen LogP contribution in [0, 0.1) is 5.92 Å². The molecule has 2 aromatic rings. The van der Waals surface area contributed by atoms with Crippen molar-refractivity contribution in [3.8, 4) is 11.5 Å². The lowest BCUT2D eigenvalue weighted by Gasteiger charge is -2.30. The number of nitrogens with zero attached hydrogens (tertiary/aromatic N) is 2. The highest BCUT2D eigenvalue weighted by atomic mass is 32.1. The first-order valence-electron chi connectivity index (χ1n) is 8.90. The summed E-state index contributed by atoms with van der Waals surface area (Å²) in [7, 11) is 0. The van der Waals surface area contributed by atoms with Crippen LogP contribution in [-0.2, 0) is 11.2 Å². The molecule has 0 spiro atoms. The van der Waals surface area contributed by atoms with E-state index in [0.717, 1.165) is 12.0 Å². The Labute approximate surface area is 146 Å². The maximum Gasteiger partial charge on any atom is 0.248 e. The van der Waals surface area contributed by atoms with E-state index in [1.807, 2.05) is 16.8 Å². The van der Waals surface area contributed by atoms with Gasteiger partial charge in [-0.05, 0) is 36.6 Å². The van der Waals surface area contributed by atoms with E-state index in [1.165, 1.54) is 32.1 Å². The second-order valence-electron chi connectivity index (χ2n) is 6.49. The Morgan fingerprint density at radius 3 is 2.92 bits per heavy atom.